The van der Waals surface area contributed by atoms with Gasteiger partial charge in [0.2, 0.25) is 0 Å². The largest absolute Gasteiger partial charge is 0.343 e. The lowest BCUT2D eigenvalue weighted by Crippen LogP contribution is -2.41. The van der Waals surface area contributed by atoms with Crippen LogP contribution in [0, 0.1) is 0 Å². The molecule has 3 aromatic rings. The average molecular weight is 358 g/mol. The fourth-order valence-corrected chi connectivity index (χ4v) is 2.88. The van der Waals surface area contributed by atoms with Crippen molar-refractivity contribution in [3.05, 3.63) is 102 Å². The summed E-state index contributed by atoms with van der Waals surface area (Å²) in [4.78, 5) is 25.6. The van der Waals surface area contributed by atoms with Crippen molar-refractivity contribution in [2.45, 2.75) is 19.4 Å². The Labute approximate surface area is 159 Å². The number of hydrogen-bond acceptors (Lipinski definition) is 2. The van der Waals surface area contributed by atoms with Gasteiger partial charge in [0.25, 0.3) is 11.8 Å². The number of anilines is 1. The maximum absolute atomic E-state index is 12.9. The van der Waals surface area contributed by atoms with Crippen molar-refractivity contribution >= 4 is 17.5 Å². The van der Waals surface area contributed by atoms with Gasteiger partial charge >= 0.3 is 0 Å². The molecule has 0 aliphatic carbocycles. The standard InChI is InChI=1S/C23H22N2O2/c1-23(2,17-11-5-3-6-12-17)25-22(27)20-16-10-9-15-19(20)21(26)24-18-13-7-4-8-14-18/h3-16H,1-2H3,(H,24,26)(H,25,27). The van der Waals surface area contributed by atoms with Gasteiger partial charge in [-0.3, -0.25) is 9.59 Å². The normalized spacial score (nSPS) is 10.9. The van der Waals surface area contributed by atoms with Crippen LogP contribution >= 0.6 is 0 Å². The predicted octanol–water partition coefficient (Wildman–Crippen LogP) is 4.60. The molecule has 0 aromatic heterocycles. The molecule has 0 saturated carbocycles. The van der Waals surface area contributed by atoms with E-state index in [2.05, 4.69) is 10.6 Å². The number of nitrogens with one attached hydrogen (secondary N) is 2. The molecule has 3 rings (SSSR count). The van der Waals surface area contributed by atoms with E-state index in [1.165, 1.54) is 0 Å². The number of carbonyl (C=O) groups excluding carboxylic acids is 2. The van der Waals surface area contributed by atoms with Crippen molar-refractivity contribution in [2.75, 3.05) is 5.32 Å². The van der Waals surface area contributed by atoms with Gasteiger partial charge in [0, 0.05) is 5.69 Å². The van der Waals surface area contributed by atoms with Gasteiger partial charge < -0.3 is 10.6 Å². The molecular weight excluding hydrogens is 336 g/mol. The van der Waals surface area contributed by atoms with Gasteiger partial charge in [0.05, 0.1) is 16.7 Å². The van der Waals surface area contributed by atoms with Crippen molar-refractivity contribution in [1.29, 1.82) is 0 Å². The second kappa shape index (κ2) is 7.87. The van der Waals surface area contributed by atoms with Gasteiger partial charge in [0.15, 0.2) is 0 Å². The number of benzene rings is 3. The van der Waals surface area contributed by atoms with Gasteiger partial charge in [-0.2, -0.15) is 0 Å². The van der Waals surface area contributed by atoms with Gasteiger partial charge in [0.1, 0.15) is 0 Å². The van der Waals surface area contributed by atoms with E-state index in [1.807, 2.05) is 62.4 Å². The van der Waals surface area contributed by atoms with Crippen LogP contribution in [0.5, 0.6) is 0 Å². The molecule has 0 radical (unpaired) electrons. The quantitative estimate of drug-likeness (QED) is 0.700. The molecule has 0 fully saturated rings. The summed E-state index contributed by atoms with van der Waals surface area (Å²) < 4.78 is 0. The second-order valence-corrected chi connectivity index (χ2v) is 6.81. The first-order valence-corrected chi connectivity index (χ1v) is 8.81. The third-order valence-corrected chi connectivity index (χ3v) is 4.37. The zero-order valence-electron chi connectivity index (χ0n) is 15.4. The summed E-state index contributed by atoms with van der Waals surface area (Å²) in [5, 5.41) is 5.86. The second-order valence-electron chi connectivity index (χ2n) is 6.81. The molecule has 2 N–H and O–H groups in total. The average Bonchev–Trinajstić information content (AvgIpc) is 2.69. The van der Waals surface area contributed by atoms with Crippen LogP contribution in [0.25, 0.3) is 0 Å². The molecule has 4 nitrogen and oxygen atoms in total. The van der Waals surface area contributed by atoms with Gasteiger partial charge in [-0.05, 0) is 43.7 Å². The van der Waals surface area contributed by atoms with Crippen LogP contribution in [0.2, 0.25) is 0 Å². The van der Waals surface area contributed by atoms with Crippen LogP contribution in [-0.4, -0.2) is 11.8 Å². The third kappa shape index (κ3) is 4.42. The van der Waals surface area contributed by atoms with Crippen LogP contribution < -0.4 is 10.6 Å². The molecule has 136 valence electrons. The van der Waals surface area contributed by atoms with Gasteiger partial charge in [-0.15, -0.1) is 0 Å². The highest BCUT2D eigenvalue weighted by atomic mass is 16.2. The Kier molecular flexibility index (Phi) is 5.36. The Morgan fingerprint density at radius 3 is 1.74 bits per heavy atom. The van der Waals surface area contributed by atoms with Crippen LogP contribution in [0.15, 0.2) is 84.9 Å². The minimum atomic E-state index is -0.568. The molecule has 0 atom stereocenters. The van der Waals surface area contributed by atoms with Crippen molar-refractivity contribution < 1.29 is 9.59 Å². The highest BCUT2D eigenvalue weighted by Crippen LogP contribution is 2.21. The molecule has 0 heterocycles. The SMILES string of the molecule is CC(C)(NC(=O)c1ccccc1C(=O)Nc1ccccc1)c1ccccc1. The number of amides is 2. The molecule has 0 aliphatic rings. The first-order chi connectivity index (χ1) is 13.0. The highest BCUT2D eigenvalue weighted by Gasteiger charge is 2.25. The first-order valence-electron chi connectivity index (χ1n) is 8.81. The highest BCUT2D eigenvalue weighted by molar-refractivity contribution is 6.12. The van der Waals surface area contributed by atoms with Crippen molar-refractivity contribution in [2.24, 2.45) is 0 Å². The summed E-state index contributed by atoms with van der Waals surface area (Å²) >= 11 is 0. The number of para-hydroxylation sites is 1. The maximum Gasteiger partial charge on any atom is 0.256 e. The summed E-state index contributed by atoms with van der Waals surface area (Å²) in [5.41, 5.74) is 1.78. The summed E-state index contributed by atoms with van der Waals surface area (Å²) in [7, 11) is 0. The van der Waals surface area contributed by atoms with Gasteiger partial charge in [-0.25, -0.2) is 0 Å². The number of rotatable bonds is 5. The topological polar surface area (TPSA) is 58.2 Å². The van der Waals surface area contributed by atoms with Crippen LogP contribution in [0.3, 0.4) is 0 Å². The summed E-state index contributed by atoms with van der Waals surface area (Å²) in [6.07, 6.45) is 0. The van der Waals surface area contributed by atoms with Crippen molar-refractivity contribution in [3.63, 3.8) is 0 Å². The lowest BCUT2D eigenvalue weighted by molar-refractivity contribution is 0.0902. The smallest absolute Gasteiger partial charge is 0.256 e. The molecule has 27 heavy (non-hydrogen) atoms. The lowest BCUT2D eigenvalue weighted by Gasteiger charge is -2.27. The van der Waals surface area contributed by atoms with E-state index in [0.717, 1.165) is 5.56 Å². The molecule has 3 aromatic carbocycles. The molecule has 0 bridgehead atoms. The van der Waals surface area contributed by atoms with E-state index in [0.29, 0.717) is 16.8 Å². The summed E-state index contributed by atoms with van der Waals surface area (Å²) in [6, 6.07) is 25.7. The Bertz CT molecular complexity index is 935. The van der Waals surface area contributed by atoms with Crippen molar-refractivity contribution in [1.82, 2.24) is 5.32 Å². The Balaban J connectivity index is 1.83. The number of hydrogen-bond donors (Lipinski definition) is 2. The monoisotopic (exact) mass is 358 g/mol. The third-order valence-electron chi connectivity index (χ3n) is 4.37. The molecule has 4 heteroatoms. The van der Waals surface area contributed by atoms with E-state index in [9.17, 15) is 9.59 Å². The molecular formula is C23H22N2O2. The van der Waals surface area contributed by atoms with E-state index in [-0.39, 0.29) is 11.8 Å². The van der Waals surface area contributed by atoms with E-state index in [4.69, 9.17) is 0 Å². The Morgan fingerprint density at radius 2 is 1.15 bits per heavy atom. The van der Waals surface area contributed by atoms with Crippen LogP contribution in [-0.2, 0) is 5.54 Å². The summed E-state index contributed by atoms with van der Waals surface area (Å²) in [5.74, 6) is -0.605. The molecule has 0 spiro atoms. The van der Waals surface area contributed by atoms with E-state index in [1.54, 1.807) is 36.4 Å². The zero-order valence-corrected chi connectivity index (χ0v) is 15.4. The maximum atomic E-state index is 12.9. The van der Waals surface area contributed by atoms with Crippen LogP contribution in [0.4, 0.5) is 5.69 Å². The fourth-order valence-electron chi connectivity index (χ4n) is 2.88. The Hall–Kier alpha value is -3.40. The predicted molar refractivity (Wildman–Crippen MR) is 108 cm³/mol. The minimum absolute atomic E-state index is 0.289. The van der Waals surface area contributed by atoms with Crippen molar-refractivity contribution in [3.8, 4) is 0 Å². The molecule has 0 saturated heterocycles. The minimum Gasteiger partial charge on any atom is -0.343 e. The van der Waals surface area contributed by atoms with Gasteiger partial charge in [-0.1, -0.05) is 60.7 Å². The van der Waals surface area contributed by atoms with E-state index >= 15 is 0 Å². The fraction of sp³-hybridized carbons (Fsp3) is 0.130. The molecule has 0 aliphatic heterocycles. The lowest BCUT2D eigenvalue weighted by atomic mass is 9.93. The van der Waals surface area contributed by atoms with E-state index < -0.39 is 5.54 Å². The zero-order chi connectivity index (χ0) is 19.3. The Morgan fingerprint density at radius 1 is 0.667 bits per heavy atom. The molecule has 2 amide bonds. The van der Waals surface area contributed by atoms with Crippen LogP contribution in [0.1, 0.15) is 40.1 Å². The first kappa shape index (κ1) is 18.4. The molecule has 0 unspecified atom stereocenters. The summed E-state index contributed by atoms with van der Waals surface area (Å²) in [6.45, 7) is 3.87. The number of carbonyl (C=O) groups is 2.